The van der Waals surface area contributed by atoms with E-state index in [4.69, 9.17) is 18.5 Å². The zero-order chi connectivity index (χ0) is 42.5. The van der Waals surface area contributed by atoms with Gasteiger partial charge in [0.05, 0.1) is 13.2 Å². The molecule has 0 saturated carbocycles. The Morgan fingerprint density at radius 2 is 0.966 bits per heavy atom. The second-order valence-electron chi connectivity index (χ2n) is 15.2. The number of phosphoric acid groups is 1. The Morgan fingerprint density at radius 3 is 1.45 bits per heavy atom. The molecule has 0 heterocycles. The Balaban J connectivity index is 4.30. The lowest BCUT2D eigenvalue weighted by molar-refractivity contribution is -0.161. The van der Waals surface area contributed by atoms with Gasteiger partial charge in [0.1, 0.15) is 6.61 Å². The predicted molar refractivity (Wildman–Crippen MR) is 243 cm³/mol. The fraction of sp³-hybridized carbons (Fsp3) is 0.750. The van der Waals surface area contributed by atoms with Gasteiger partial charge in [0.15, 0.2) is 6.10 Å². The summed E-state index contributed by atoms with van der Waals surface area (Å²) in [6.45, 7) is 4.12. The molecule has 0 radical (unpaired) electrons. The quantitative estimate of drug-likeness (QED) is 0.0268. The molecule has 0 bridgehead atoms. The van der Waals surface area contributed by atoms with Crippen LogP contribution in [-0.4, -0.2) is 56.3 Å². The normalized spacial score (nSPS) is 13.8. The summed E-state index contributed by atoms with van der Waals surface area (Å²) in [5.41, 5.74) is 0. The summed E-state index contributed by atoms with van der Waals surface area (Å²) in [5.74, 6) is -0.900. The van der Waals surface area contributed by atoms with Gasteiger partial charge >= 0.3 is 19.8 Å². The molecular weight excluding hydrogens is 750 g/mol. The van der Waals surface area contributed by atoms with Crippen LogP contribution in [0.3, 0.4) is 0 Å². The number of carbonyl (C=O) groups excluding carboxylic acids is 2. The van der Waals surface area contributed by atoms with Crippen molar-refractivity contribution >= 4 is 19.8 Å². The number of rotatable bonds is 43. The summed E-state index contributed by atoms with van der Waals surface area (Å²) in [6, 6.07) is 0. The van der Waals surface area contributed by atoms with Crippen molar-refractivity contribution in [2.75, 3.05) is 33.4 Å². The topological polar surface area (TPSA) is 120 Å². The first-order valence-electron chi connectivity index (χ1n) is 23.2. The molecule has 58 heavy (non-hydrogen) atoms. The lowest BCUT2D eigenvalue weighted by Gasteiger charge is -2.19. The smallest absolute Gasteiger partial charge is 0.462 e. The molecule has 0 saturated heterocycles. The summed E-state index contributed by atoms with van der Waals surface area (Å²) >= 11 is 0. The van der Waals surface area contributed by atoms with Gasteiger partial charge in [-0.15, -0.1) is 0 Å². The number of ether oxygens (including phenoxy) is 2. The van der Waals surface area contributed by atoms with E-state index in [2.05, 4.69) is 67.8 Å². The van der Waals surface area contributed by atoms with E-state index >= 15 is 0 Å². The van der Waals surface area contributed by atoms with Crippen molar-refractivity contribution in [1.29, 1.82) is 0 Å². The third kappa shape index (κ3) is 43.3. The van der Waals surface area contributed by atoms with Crippen molar-refractivity contribution in [2.45, 2.75) is 200 Å². The monoisotopic (exact) mass is 836 g/mol. The van der Waals surface area contributed by atoms with Crippen LogP contribution in [0.4, 0.5) is 0 Å². The van der Waals surface area contributed by atoms with Crippen molar-refractivity contribution in [3.63, 3.8) is 0 Å². The Bertz CT molecular complexity index is 1130. The zero-order valence-electron chi connectivity index (χ0n) is 37.2. The lowest BCUT2D eigenvalue weighted by Crippen LogP contribution is -2.29. The van der Waals surface area contributed by atoms with E-state index in [-0.39, 0.29) is 32.0 Å². The molecule has 9 nitrogen and oxygen atoms in total. The molecule has 0 aromatic rings. The van der Waals surface area contributed by atoms with Crippen LogP contribution in [0.2, 0.25) is 0 Å². The van der Waals surface area contributed by atoms with Gasteiger partial charge in [0.25, 0.3) is 0 Å². The molecule has 0 fully saturated rings. The van der Waals surface area contributed by atoms with Crippen molar-refractivity contribution < 1.29 is 37.6 Å². The highest BCUT2D eigenvalue weighted by atomic mass is 31.2. The van der Waals surface area contributed by atoms with Gasteiger partial charge in [0.2, 0.25) is 0 Å². The van der Waals surface area contributed by atoms with Crippen LogP contribution in [0.25, 0.3) is 0 Å². The summed E-state index contributed by atoms with van der Waals surface area (Å²) in [6.07, 6.45) is 51.4. The molecule has 2 atom stereocenters. The third-order valence-corrected chi connectivity index (χ3v) is 10.6. The molecule has 2 N–H and O–H groups in total. The van der Waals surface area contributed by atoms with E-state index in [1.807, 2.05) is 12.2 Å². The Kier molecular flexibility index (Phi) is 42.5. The molecule has 0 aliphatic carbocycles. The second kappa shape index (κ2) is 44.3. The van der Waals surface area contributed by atoms with Gasteiger partial charge in [-0.25, -0.2) is 4.57 Å². The predicted octanol–water partition coefficient (Wildman–Crippen LogP) is 13.5. The Morgan fingerprint density at radius 1 is 0.534 bits per heavy atom. The van der Waals surface area contributed by atoms with Crippen molar-refractivity contribution in [2.24, 2.45) is 0 Å². The van der Waals surface area contributed by atoms with E-state index in [1.165, 1.54) is 116 Å². The van der Waals surface area contributed by atoms with Crippen LogP contribution in [0.5, 0.6) is 0 Å². The molecule has 336 valence electrons. The molecule has 0 spiro atoms. The molecular formula is C48H86NO8P. The number of hydrogen-bond donors (Lipinski definition) is 2. The molecule has 0 aliphatic heterocycles. The highest BCUT2D eigenvalue weighted by molar-refractivity contribution is 7.47. The average Bonchev–Trinajstić information content (AvgIpc) is 3.21. The first-order chi connectivity index (χ1) is 28.3. The molecule has 0 aromatic carbocycles. The Hall–Kier alpha value is -2.29. The number of nitrogens with one attached hydrogen (secondary N) is 1. The lowest BCUT2D eigenvalue weighted by atomic mass is 10.0. The van der Waals surface area contributed by atoms with Gasteiger partial charge in [0, 0.05) is 19.4 Å². The van der Waals surface area contributed by atoms with Gasteiger partial charge in [-0.1, -0.05) is 190 Å². The van der Waals surface area contributed by atoms with Gasteiger partial charge in [-0.3, -0.25) is 18.6 Å². The molecule has 0 aromatic heterocycles. The largest absolute Gasteiger partial charge is 0.472 e. The maximum atomic E-state index is 12.6. The summed E-state index contributed by atoms with van der Waals surface area (Å²) < 4.78 is 33.2. The zero-order valence-corrected chi connectivity index (χ0v) is 38.1. The maximum absolute atomic E-state index is 12.6. The minimum Gasteiger partial charge on any atom is -0.462 e. The minimum atomic E-state index is -4.37. The molecule has 0 amide bonds. The number of esters is 2. The van der Waals surface area contributed by atoms with E-state index in [9.17, 15) is 19.0 Å². The van der Waals surface area contributed by atoms with Crippen LogP contribution in [-0.2, 0) is 32.7 Å². The third-order valence-electron chi connectivity index (χ3n) is 9.65. The summed E-state index contributed by atoms with van der Waals surface area (Å²) in [4.78, 5) is 35.1. The number of carbonyl (C=O) groups is 2. The standard InChI is InChI=1S/C48H86NO8P/c1-4-6-8-10-12-14-16-18-20-22-23-25-27-29-31-33-35-37-39-41-48(51)57-46(45-56-58(52,53)55-43-42-49-3)44-54-47(50)40-38-36-34-32-30-28-26-24-21-19-17-15-13-11-9-7-5-2/h12,14,18,20,23,25,29,31,35,37,46,49H,4-11,13,15-17,19,21-22,24,26-28,30,32-34,36,38-45H2,1-3H3,(H,52,53)/b14-12-,20-18-,25-23-,31-29-,37-35-. The fourth-order valence-corrected chi connectivity index (χ4v) is 6.88. The Labute approximate surface area is 355 Å². The van der Waals surface area contributed by atoms with E-state index in [0.717, 1.165) is 44.9 Å². The van der Waals surface area contributed by atoms with E-state index < -0.39 is 26.5 Å². The SMILES string of the molecule is CCCCC/C=C\C/C=C\C/C=C\C/C=C\C/C=C\CCC(=O)OC(COC(=O)CCCCCCCCCCCCCCCCCCC)COP(=O)(O)OCCNC. The number of allylic oxidation sites excluding steroid dienone is 10. The highest BCUT2D eigenvalue weighted by Gasteiger charge is 2.26. The second-order valence-corrected chi connectivity index (χ2v) is 16.7. The molecule has 0 rings (SSSR count). The first-order valence-corrected chi connectivity index (χ1v) is 24.7. The molecule has 10 heteroatoms. The summed E-state index contributed by atoms with van der Waals surface area (Å²) in [7, 11) is -2.68. The van der Waals surface area contributed by atoms with E-state index in [0.29, 0.717) is 13.0 Å². The molecule has 0 aliphatic rings. The van der Waals surface area contributed by atoms with Crippen LogP contribution in [0, 0.1) is 0 Å². The highest BCUT2D eigenvalue weighted by Crippen LogP contribution is 2.43. The van der Waals surface area contributed by atoms with Gasteiger partial charge in [-0.2, -0.15) is 0 Å². The van der Waals surface area contributed by atoms with Crippen LogP contribution in [0.1, 0.15) is 194 Å². The van der Waals surface area contributed by atoms with Crippen LogP contribution < -0.4 is 5.32 Å². The van der Waals surface area contributed by atoms with E-state index in [1.54, 1.807) is 7.05 Å². The fourth-order valence-electron chi connectivity index (χ4n) is 6.12. The summed E-state index contributed by atoms with van der Waals surface area (Å²) in [5, 5.41) is 2.82. The number of unbranched alkanes of at least 4 members (excludes halogenated alkanes) is 19. The van der Waals surface area contributed by atoms with Crippen molar-refractivity contribution in [3.05, 3.63) is 60.8 Å². The van der Waals surface area contributed by atoms with Gasteiger partial charge in [-0.05, 0) is 58.4 Å². The van der Waals surface area contributed by atoms with Crippen LogP contribution in [0.15, 0.2) is 60.8 Å². The maximum Gasteiger partial charge on any atom is 0.472 e. The van der Waals surface area contributed by atoms with Crippen molar-refractivity contribution in [3.8, 4) is 0 Å². The van der Waals surface area contributed by atoms with Gasteiger partial charge < -0.3 is 19.7 Å². The minimum absolute atomic E-state index is 0.0313. The average molecular weight is 836 g/mol. The van der Waals surface area contributed by atoms with Crippen molar-refractivity contribution in [1.82, 2.24) is 5.32 Å². The number of hydrogen-bond acceptors (Lipinski definition) is 8. The first kappa shape index (κ1) is 55.7. The van der Waals surface area contributed by atoms with Crippen LogP contribution >= 0.6 is 7.82 Å². The number of likely N-dealkylation sites (N-methyl/N-ethyl adjacent to an activating group) is 1. The number of phosphoric ester groups is 1. The molecule has 2 unspecified atom stereocenters.